The highest BCUT2D eigenvalue weighted by molar-refractivity contribution is 7.99. The highest BCUT2D eigenvalue weighted by atomic mass is 35.5. The van der Waals surface area contributed by atoms with Crippen LogP contribution < -0.4 is 5.32 Å². The summed E-state index contributed by atoms with van der Waals surface area (Å²) in [5, 5.41) is 10.6. The highest BCUT2D eigenvalue weighted by Crippen LogP contribution is 2.31. The fourth-order valence-corrected chi connectivity index (χ4v) is 3.01. The van der Waals surface area contributed by atoms with Crippen molar-refractivity contribution < 1.29 is 0 Å². The average molecular weight is 317 g/mol. The third-order valence-corrected chi connectivity index (χ3v) is 3.88. The topological polar surface area (TPSA) is 53.6 Å². The van der Waals surface area contributed by atoms with Gasteiger partial charge in [-0.1, -0.05) is 41.6 Å². The Kier molecular flexibility index (Phi) is 4.13. The number of aromatic amines is 1. The lowest BCUT2D eigenvalue weighted by Crippen LogP contribution is -1.94. The van der Waals surface area contributed by atoms with Crippen LogP contribution in [0.1, 0.15) is 5.69 Å². The Morgan fingerprint density at radius 2 is 1.86 bits per heavy atom. The minimum absolute atomic E-state index is 0.450. The van der Waals surface area contributed by atoms with Gasteiger partial charge in [0, 0.05) is 21.6 Å². The molecule has 6 heteroatoms. The third-order valence-electron chi connectivity index (χ3n) is 2.71. The van der Waals surface area contributed by atoms with Crippen LogP contribution in [0.3, 0.4) is 0 Å². The normalized spacial score (nSPS) is 10.6. The molecule has 1 aromatic carbocycles. The van der Waals surface area contributed by atoms with E-state index in [1.54, 1.807) is 11.8 Å². The summed E-state index contributed by atoms with van der Waals surface area (Å²) in [6, 6.07) is 15.8. The number of hydrogen-bond donors (Lipinski definition) is 2. The third kappa shape index (κ3) is 3.77. The van der Waals surface area contributed by atoms with E-state index in [4.69, 9.17) is 11.6 Å². The predicted molar refractivity (Wildman–Crippen MR) is 86.4 cm³/mol. The molecule has 0 amide bonds. The van der Waals surface area contributed by atoms with E-state index in [0.717, 1.165) is 21.3 Å². The van der Waals surface area contributed by atoms with Gasteiger partial charge in [0.25, 0.3) is 0 Å². The first-order valence-corrected chi connectivity index (χ1v) is 7.58. The monoisotopic (exact) mass is 316 g/mol. The Balaban J connectivity index is 1.82. The quantitative estimate of drug-likeness (QED) is 0.687. The number of hydrogen-bond acceptors (Lipinski definition) is 4. The fraction of sp³-hybridized carbons (Fsp3) is 0.0667. The Labute approximate surface area is 132 Å². The molecule has 0 atom stereocenters. The molecule has 3 rings (SSSR count). The van der Waals surface area contributed by atoms with Gasteiger partial charge in [0.15, 0.2) is 5.82 Å². The Morgan fingerprint density at radius 3 is 2.57 bits per heavy atom. The van der Waals surface area contributed by atoms with E-state index in [0.29, 0.717) is 11.0 Å². The minimum Gasteiger partial charge on any atom is -0.323 e. The summed E-state index contributed by atoms with van der Waals surface area (Å²) in [6.07, 6.45) is 0. The van der Waals surface area contributed by atoms with Crippen LogP contribution in [-0.4, -0.2) is 15.2 Å². The van der Waals surface area contributed by atoms with Crippen LogP contribution in [0.2, 0.25) is 5.15 Å². The molecule has 21 heavy (non-hydrogen) atoms. The zero-order valence-corrected chi connectivity index (χ0v) is 12.9. The first kappa shape index (κ1) is 14.0. The second kappa shape index (κ2) is 6.20. The second-order valence-electron chi connectivity index (χ2n) is 4.49. The van der Waals surface area contributed by atoms with E-state index in [1.807, 2.05) is 43.3 Å². The van der Waals surface area contributed by atoms with Crippen LogP contribution in [0, 0.1) is 6.92 Å². The number of aryl methyl sites for hydroxylation is 1. The molecule has 2 aromatic heterocycles. The lowest BCUT2D eigenvalue weighted by Gasteiger charge is -2.06. The zero-order valence-electron chi connectivity index (χ0n) is 11.3. The summed E-state index contributed by atoms with van der Waals surface area (Å²) in [6.45, 7) is 1.94. The van der Waals surface area contributed by atoms with Crippen molar-refractivity contribution in [1.82, 2.24) is 15.2 Å². The first-order valence-electron chi connectivity index (χ1n) is 6.38. The van der Waals surface area contributed by atoms with E-state index < -0.39 is 0 Å². The van der Waals surface area contributed by atoms with Crippen molar-refractivity contribution in [1.29, 1.82) is 0 Å². The van der Waals surface area contributed by atoms with Gasteiger partial charge in [-0.2, -0.15) is 5.10 Å². The van der Waals surface area contributed by atoms with E-state index in [-0.39, 0.29) is 0 Å². The maximum Gasteiger partial charge on any atom is 0.153 e. The predicted octanol–water partition coefficient (Wildman–Crippen LogP) is 4.66. The van der Waals surface area contributed by atoms with Crippen LogP contribution in [-0.2, 0) is 0 Å². The largest absolute Gasteiger partial charge is 0.323 e. The summed E-state index contributed by atoms with van der Waals surface area (Å²) in [5.41, 5.74) is 0.985. The van der Waals surface area contributed by atoms with Crippen molar-refractivity contribution in [2.45, 2.75) is 16.7 Å². The lowest BCUT2D eigenvalue weighted by molar-refractivity contribution is 1.05. The van der Waals surface area contributed by atoms with E-state index in [2.05, 4.69) is 32.6 Å². The van der Waals surface area contributed by atoms with Crippen molar-refractivity contribution in [3.63, 3.8) is 0 Å². The van der Waals surface area contributed by atoms with Gasteiger partial charge in [0.2, 0.25) is 0 Å². The van der Waals surface area contributed by atoms with Crippen LogP contribution in [0.25, 0.3) is 0 Å². The van der Waals surface area contributed by atoms with Crippen molar-refractivity contribution >= 4 is 35.0 Å². The Morgan fingerprint density at radius 1 is 1.05 bits per heavy atom. The number of benzene rings is 1. The second-order valence-corrected chi connectivity index (χ2v) is 6.02. The maximum atomic E-state index is 6.09. The molecular weight excluding hydrogens is 304 g/mol. The van der Waals surface area contributed by atoms with Crippen molar-refractivity contribution in [2.75, 3.05) is 5.32 Å². The molecule has 3 aromatic rings. The standard InChI is InChI=1S/C15H13ClN4S/c1-10-7-15(20-19-10)18-14-9-12(8-13(16)17-14)21-11-5-3-2-4-6-11/h2-9H,1H3,(H2,17,18,19,20). The zero-order chi connectivity index (χ0) is 14.7. The number of rotatable bonds is 4. The van der Waals surface area contributed by atoms with Gasteiger partial charge >= 0.3 is 0 Å². The van der Waals surface area contributed by atoms with Gasteiger partial charge in [-0.3, -0.25) is 5.10 Å². The van der Waals surface area contributed by atoms with Crippen molar-refractivity contribution in [2.24, 2.45) is 0 Å². The molecule has 0 bridgehead atoms. The van der Waals surface area contributed by atoms with Crippen LogP contribution in [0.15, 0.2) is 58.3 Å². The molecule has 0 radical (unpaired) electrons. The Hall–Kier alpha value is -1.98. The molecule has 0 spiro atoms. The number of H-pyrrole nitrogens is 1. The number of aromatic nitrogens is 3. The van der Waals surface area contributed by atoms with Gasteiger partial charge in [-0.25, -0.2) is 4.98 Å². The van der Waals surface area contributed by atoms with Gasteiger partial charge < -0.3 is 5.32 Å². The molecule has 0 aliphatic heterocycles. The highest BCUT2D eigenvalue weighted by Gasteiger charge is 2.05. The molecule has 0 unspecified atom stereocenters. The summed E-state index contributed by atoms with van der Waals surface area (Å²) in [4.78, 5) is 6.45. The summed E-state index contributed by atoms with van der Waals surface area (Å²) in [7, 11) is 0. The SMILES string of the molecule is Cc1cc(Nc2cc(Sc3ccccc3)cc(Cl)n2)n[nH]1. The van der Waals surface area contributed by atoms with Gasteiger partial charge in [-0.05, 0) is 31.2 Å². The average Bonchev–Trinajstić information content (AvgIpc) is 2.84. The number of halogens is 1. The molecular formula is C15H13ClN4S. The Bertz CT molecular complexity index is 742. The van der Waals surface area contributed by atoms with Gasteiger partial charge in [0.1, 0.15) is 11.0 Å². The first-order chi connectivity index (χ1) is 10.2. The molecule has 0 fully saturated rings. The molecule has 106 valence electrons. The molecule has 0 aliphatic rings. The summed E-state index contributed by atoms with van der Waals surface area (Å²) >= 11 is 7.73. The molecule has 4 nitrogen and oxygen atoms in total. The molecule has 2 N–H and O–H groups in total. The molecule has 0 saturated heterocycles. The van der Waals surface area contributed by atoms with E-state index in [9.17, 15) is 0 Å². The summed E-state index contributed by atoms with van der Waals surface area (Å²) in [5.74, 6) is 1.39. The van der Waals surface area contributed by atoms with Crippen molar-refractivity contribution in [3.05, 3.63) is 59.4 Å². The molecule has 0 saturated carbocycles. The number of nitrogens with one attached hydrogen (secondary N) is 2. The number of nitrogens with zero attached hydrogens (tertiary/aromatic N) is 2. The lowest BCUT2D eigenvalue weighted by atomic mass is 10.4. The van der Waals surface area contributed by atoms with Gasteiger partial charge in [-0.15, -0.1) is 0 Å². The van der Waals surface area contributed by atoms with Crippen molar-refractivity contribution in [3.8, 4) is 0 Å². The van der Waals surface area contributed by atoms with Crippen LogP contribution >= 0.6 is 23.4 Å². The molecule has 0 aliphatic carbocycles. The maximum absolute atomic E-state index is 6.09. The van der Waals surface area contributed by atoms with Gasteiger partial charge in [0.05, 0.1) is 0 Å². The smallest absolute Gasteiger partial charge is 0.153 e. The summed E-state index contributed by atoms with van der Waals surface area (Å²) < 4.78 is 0. The molecule has 2 heterocycles. The van der Waals surface area contributed by atoms with Crippen LogP contribution in [0.4, 0.5) is 11.6 Å². The number of anilines is 2. The van der Waals surface area contributed by atoms with E-state index >= 15 is 0 Å². The minimum atomic E-state index is 0.450. The van der Waals surface area contributed by atoms with E-state index in [1.165, 1.54) is 0 Å². The number of pyridine rings is 1. The van der Waals surface area contributed by atoms with Crippen LogP contribution in [0.5, 0.6) is 0 Å². The fourth-order valence-electron chi connectivity index (χ4n) is 1.83.